The fourth-order valence-electron chi connectivity index (χ4n) is 3.02. The first-order chi connectivity index (χ1) is 19.2. The predicted octanol–water partition coefficient (Wildman–Crippen LogP) is 4.51. The lowest BCUT2D eigenvalue weighted by atomic mass is 10.0. The van der Waals surface area contributed by atoms with Crippen molar-refractivity contribution in [3.8, 4) is 6.07 Å². The zero-order chi connectivity index (χ0) is 31.6. The van der Waals surface area contributed by atoms with Crippen molar-refractivity contribution < 1.29 is 32.3 Å². The lowest BCUT2D eigenvalue weighted by Gasteiger charge is -2.18. The number of hydrogen-bond acceptors (Lipinski definition) is 6. The van der Waals surface area contributed by atoms with Gasteiger partial charge in [-0.15, -0.1) is 0 Å². The van der Waals surface area contributed by atoms with Crippen LogP contribution in [-0.4, -0.2) is 55.6 Å². The molecule has 1 aliphatic rings. The quantitative estimate of drug-likeness (QED) is 0.342. The van der Waals surface area contributed by atoms with Gasteiger partial charge < -0.3 is 25.6 Å². The molecule has 2 unspecified atom stereocenters. The Balaban J connectivity index is 0.000000558. The van der Waals surface area contributed by atoms with Crippen LogP contribution < -0.4 is 16.0 Å². The fraction of sp³-hybridized carbons (Fsp3) is 0.414. The monoisotopic (exact) mass is 577 g/mol. The summed E-state index contributed by atoms with van der Waals surface area (Å²) in [6, 6.07) is 12.9. The first kappa shape index (κ1) is 36.6. The molecule has 3 amide bonds. The molecule has 9 nitrogen and oxygen atoms in total. The van der Waals surface area contributed by atoms with E-state index < -0.39 is 35.1 Å². The minimum absolute atomic E-state index is 0.132. The number of halogens is 3. The Bertz CT molecular complexity index is 1160. The fourth-order valence-corrected chi connectivity index (χ4v) is 3.02. The van der Waals surface area contributed by atoms with Gasteiger partial charge >= 0.3 is 0 Å². The highest BCUT2D eigenvalue weighted by atomic mass is 19.2. The number of rotatable bonds is 6. The molecule has 2 aromatic rings. The van der Waals surface area contributed by atoms with Crippen LogP contribution >= 0.6 is 0 Å². The van der Waals surface area contributed by atoms with E-state index in [1.165, 1.54) is 4.90 Å². The SMILES string of the molecule is CC(=O)Nc1c(F)ccc(F)c1F.CC(C)(C)C.CNc1ccccc1.N#CC1CC(C=O)CN1C(=O)CNC=O. The number of nitriles is 1. The Hall–Kier alpha value is -4.40. The van der Waals surface area contributed by atoms with Crippen LogP contribution in [0.25, 0.3) is 0 Å². The highest BCUT2D eigenvalue weighted by Gasteiger charge is 2.34. The van der Waals surface area contributed by atoms with Crippen molar-refractivity contribution in [2.45, 2.75) is 47.1 Å². The van der Waals surface area contributed by atoms with Gasteiger partial charge in [0.25, 0.3) is 0 Å². The molecule has 1 aliphatic heterocycles. The average Bonchev–Trinajstić information content (AvgIpc) is 3.36. The molecule has 0 saturated carbocycles. The number of amides is 3. The van der Waals surface area contributed by atoms with Crippen LogP contribution in [0.3, 0.4) is 0 Å². The summed E-state index contributed by atoms with van der Waals surface area (Å²) in [6.07, 6.45) is 1.56. The number of anilines is 2. The van der Waals surface area contributed by atoms with Crippen molar-refractivity contribution in [1.82, 2.24) is 10.2 Å². The zero-order valence-electron chi connectivity index (χ0n) is 24.1. The van der Waals surface area contributed by atoms with Crippen molar-refractivity contribution in [2.24, 2.45) is 11.3 Å². The van der Waals surface area contributed by atoms with Gasteiger partial charge in [-0.1, -0.05) is 45.9 Å². The van der Waals surface area contributed by atoms with E-state index in [2.05, 4.69) is 38.3 Å². The second kappa shape index (κ2) is 18.8. The van der Waals surface area contributed by atoms with Crippen molar-refractivity contribution in [1.29, 1.82) is 5.26 Å². The maximum atomic E-state index is 12.8. The van der Waals surface area contributed by atoms with Crippen molar-refractivity contribution in [3.05, 3.63) is 59.9 Å². The predicted molar refractivity (Wildman–Crippen MR) is 151 cm³/mol. The van der Waals surface area contributed by atoms with Gasteiger partial charge in [0, 0.05) is 32.1 Å². The summed E-state index contributed by atoms with van der Waals surface area (Å²) in [4.78, 5) is 43.8. The van der Waals surface area contributed by atoms with Crippen LogP contribution in [0.2, 0.25) is 0 Å². The lowest BCUT2D eigenvalue weighted by Crippen LogP contribution is -2.40. The summed E-state index contributed by atoms with van der Waals surface area (Å²) in [7, 11) is 1.91. The van der Waals surface area contributed by atoms with E-state index in [9.17, 15) is 32.3 Å². The largest absolute Gasteiger partial charge is 0.388 e. The van der Waals surface area contributed by atoms with E-state index in [1.807, 2.05) is 48.8 Å². The molecular weight excluding hydrogens is 539 g/mol. The molecule has 3 rings (SSSR count). The average molecular weight is 578 g/mol. The summed E-state index contributed by atoms with van der Waals surface area (Å²) in [5.41, 5.74) is 0.903. The second-order valence-electron chi connectivity index (χ2n) is 10.3. The summed E-state index contributed by atoms with van der Waals surface area (Å²) >= 11 is 0. The van der Waals surface area contributed by atoms with E-state index in [4.69, 9.17) is 5.26 Å². The number of carbonyl (C=O) groups excluding carboxylic acids is 4. The van der Waals surface area contributed by atoms with Gasteiger partial charge in [-0.3, -0.25) is 14.4 Å². The van der Waals surface area contributed by atoms with Gasteiger partial charge in [0.1, 0.15) is 23.8 Å². The van der Waals surface area contributed by atoms with Crippen LogP contribution in [0.1, 0.15) is 41.0 Å². The molecule has 1 saturated heterocycles. The minimum atomic E-state index is -1.39. The molecule has 0 aromatic heterocycles. The van der Waals surface area contributed by atoms with Crippen molar-refractivity contribution in [3.63, 3.8) is 0 Å². The van der Waals surface area contributed by atoms with Crippen LogP contribution in [-0.2, 0) is 19.2 Å². The van der Waals surface area contributed by atoms with E-state index in [0.717, 1.165) is 25.0 Å². The molecule has 224 valence electrons. The molecule has 12 heteroatoms. The zero-order valence-corrected chi connectivity index (χ0v) is 24.1. The molecular formula is C29H38F3N5O4. The third-order valence-corrected chi connectivity index (χ3v) is 4.74. The smallest absolute Gasteiger partial charge is 0.243 e. The van der Waals surface area contributed by atoms with Crippen molar-refractivity contribution in [2.75, 3.05) is 30.8 Å². The van der Waals surface area contributed by atoms with E-state index in [1.54, 1.807) is 0 Å². The summed E-state index contributed by atoms with van der Waals surface area (Å²) < 4.78 is 38.1. The van der Waals surface area contributed by atoms with Crippen LogP contribution in [0.15, 0.2) is 42.5 Å². The van der Waals surface area contributed by atoms with Gasteiger partial charge in [-0.05, 0) is 36.1 Å². The Morgan fingerprint density at radius 2 is 1.61 bits per heavy atom. The summed E-state index contributed by atoms with van der Waals surface area (Å²) in [5.74, 6) is -4.87. The molecule has 0 radical (unpaired) electrons. The summed E-state index contributed by atoms with van der Waals surface area (Å²) in [6.45, 7) is 9.96. The molecule has 1 heterocycles. The minimum Gasteiger partial charge on any atom is -0.388 e. The maximum Gasteiger partial charge on any atom is 0.243 e. The molecule has 0 spiro atoms. The number of nitrogens with one attached hydrogen (secondary N) is 3. The molecule has 0 bridgehead atoms. The molecule has 1 fully saturated rings. The molecule has 41 heavy (non-hydrogen) atoms. The van der Waals surface area contributed by atoms with E-state index in [-0.39, 0.29) is 24.9 Å². The first-order valence-corrected chi connectivity index (χ1v) is 12.6. The highest BCUT2D eigenvalue weighted by molar-refractivity contribution is 5.88. The van der Waals surface area contributed by atoms with Gasteiger partial charge in [0.15, 0.2) is 11.6 Å². The summed E-state index contributed by atoms with van der Waals surface area (Å²) in [5, 5.41) is 15.9. The Morgan fingerprint density at radius 1 is 1.05 bits per heavy atom. The Morgan fingerprint density at radius 3 is 2.05 bits per heavy atom. The molecule has 0 aliphatic carbocycles. The first-order valence-electron chi connectivity index (χ1n) is 12.6. The number of para-hydroxylation sites is 1. The number of likely N-dealkylation sites (tertiary alicyclic amines) is 1. The number of aldehydes is 1. The highest BCUT2D eigenvalue weighted by Crippen LogP contribution is 2.21. The number of nitrogens with zero attached hydrogens (tertiary/aromatic N) is 2. The molecule has 2 aromatic carbocycles. The number of hydrogen-bond donors (Lipinski definition) is 3. The normalized spacial score (nSPS) is 15.2. The van der Waals surface area contributed by atoms with E-state index >= 15 is 0 Å². The molecule has 2 atom stereocenters. The Kier molecular flexibility index (Phi) is 16.8. The third-order valence-electron chi connectivity index (χ3n) is 4.74. The van der Waals surface area contributed by atoms with Gasteiger partial charge in [-0.25, -0.2) is 13.2 Å². The van der Waals surface area contributed by atoms with Crippen molar-refractivity contribution >= 4 is 35.9 Å². The molecule has 3 N–H and O–H groups in total. The number of benzene rings is 2. The second-order valence-corrected chi connectivity index (χ2v) is 10.3. The lowest BCUT2D eigenvalue weighted by molar-refractivity contribution is -0.131. The van der Waals surface area contributed by atoms with Gasteiger partial charge in [0.05, 0.1) is 12.6 Å². The third kappa shape index (κ3) is 15.7. The Labute approximate surface area is 239 Å². The van der Waals surface area contributed by atoms with Gasteiger partial charge in [-0.2, -0.15) is 5.26 Å². The van der Waals surface area contributed by atoms with Crippen LogP contribution in [0.4, 0.5) is 24.5 Å². The topological polar surface area (TPSA) is 131 Å². The maximum absolute atomic E-state index is 12.8. The number of carbonyl (C=O) groups is 4. The van der Waals surface area contributed by atoms with Gasteiger partial charge in [0.2, 0.25) is 18.2 Å². The van der Waals surface area contributed by atoms with Crippen LogP contribution in [0, 0.1) is 40.1 Å². The standard InChI is InChI=1S/C9H11N3O3.C8H6F3NO.C7H9N.C5H12/c10-2-8-1-7(5-13)4-12(8)9(15)3-11-6-14;1-4(13)12-8-6(10)3-2-5(9)7(8)11;1-8-7-5-3-2-4-6-7;1-5(2,3)4/h5-8H,1,3-4H2,(H,11,14);2-3H,1H3,(H,12,13);2-6,8H,1H3;1-4H3. The van der Waals surface area contributed by atoms with E-state index in [0.29, 0.717) is 24.3 Å². The van der Waals surface area contributed by atoms with Crippen LogP contribution in [0.5, 0.6) is 0 Å².